The second kappa shape index (κ2) is 4.85. The van der Waals surface area contributed by atoms with Gasteiger partial charge in [-0.1, -0.05) is 17.7 Å². The van der Waals surface area contributed by atoms with Crippen LogP contribution < -0.4 is 4.74 Å². The number of benzene rings is 1. The van der Waals surface area contributed by atoms with Crippen molar-refractivity contribution in [2.45, 2.75) is 31.5 Å². The SMILES string of the molecule is O=Cc1c(Cl)cccc1OC1CCCC1O. The Morgan fingerprint density at radius 3 is 2.88 bits per heavy atom. The lowest BCUT2D eigenvalue weighted by atomic mass is 10.2. The smallest absolute Gasteiger partial charge is 0.155 e. The molecule has 1 aromatic rings. The zero-order chi connectivity index (χ0) is 11.5. The number of carbonyl (C=O) groups excluding carboxylic acids is 1. The number of aliphatic hydroxyl groups excluding tert-OH is 1. The van der Waals surface area contributed by atoms with Crippen LogP contribution in [0.5, 0.6) is 5.75 Å². The summed E-state index contributed by atoms with van der Waals surface area (Å²) in [5.74, 6) is 0.452. The molecule has 0 amide bonds. The summed E-state index contributed by atoms with van der Waals surface area (Å²) in [5.41, 5.74) is 0.350. The van der Waals surface area contributed by atoms with Crippen LogP contribution in [0.15, 0.2) is 18.2 Å². The molecule has 1 N–H and O–H groups in total. The maximum atomic E-state index is 10.9. The highest BCUT2D eigenvalue weighted by Gasteiger charge is 2.27. The van der Waals surface area contributed by atoms with Crippen LogP contribution >= 0.6 is 11.6 Å². The van der Waals surface area contributed by atoms with Gasteiger partial charge in [0.15, 0.2) is 6.29 Å². The first-order valence-corrected chi connectivity index (χ1v) is 5.68. The summed E-state index contributed by atoms with van der Waals surface area (Å²) in [5, 5.41) is 10.0. The first kappa shape index (κ1) is 11.4. The van der Waals surface area contributed by atoms with E-state index in [0.29, 0.717) is 22.6 Å². The van der Waals surface area contributed by atoms with E-state index in [1.807, 2.05) is 0 Å². The monoisotopic (exact) mass is 240 g/mol. The van der Waals surface area contributed by atoms with Gasteiger partial charge in [0, 0.05) is 0 Å². The Balaban J connectivity index is 2.20. The van der Waals surface area contributed by atoms with Gasteiger partial charge in [-0.05, 0) is 31.4 Å². The summed E-state index contributed by atoms with van der Waals surface area (Å²) < 4.78 is 5.62. The quantitative estimate of drug-likeness (QED) is 0.826. The molecule has 2 atom stereocenters. The van der Waals surface area contributed by atoms with E-state index in [0.717, 1.165) is 19.3 Å². The predicted octanol–water partition coefficient (Wildman–Crippen LogP) is 2.44. The van der Waals surface area contributed by atoms with E-state index in [9.17, 15) is 9.90 Å². The number of ether oxygens (including phenoxy) is 1. The van der Waals surface area contributed by atoms with Crippen LogP contribution in [0, 0.1) is 0 Å². The van der Waals surface area contributed by atoms with E-state index in [2.05, 4.69) is 0 Å². The Bertz CT molecular complexity index is 392. The average molecular weight is 241 g/mol. The van der Waals surface area contributed by atoms with E-state index in [1.54, 1.807) is 18.2 Å². The van der Waals surface area contributed by atoms with Gasteiger partial charge in [-0.2, -0.15) is 0 Å². The van der Waals surface area contributed by atoms with Gasteiger partial charge in [-0.25, -0.2) is 0 Å². The highest BCUT2D eigenvalue weighted by atomic mass is 35.5. The summed E-state index contributed by atoms with van der Waals surface area (Å²) in [7, 11) is 0. The molecule has 2 rings (SSSR count). The van der Waals surface area contributed by atoms with Crippen molar-refractivity contribution in [3.63, 3.8) is 0 Å². The first-order chi connectivity index (χ1) is 7.72. The minimum Gasteiger partial charge on any atom is -0.487 e. The molecular weight excluding hydrogens is 228 g/mol. The molecule has 1 fully saturated rings. The third kappa shape index (κ3) is 2.20. The third-order valence-corrected chi connectivity index (χ3v) is 3.16. The first-order valence-electron chi connectivity index (χ1n) is 5.31. The Morgan fingerprint density at radius 1 is 1.44 bits per heavy atom. The van der Waals surface area contributed by atoms with Crippen molar-refractivity contribution in [3.8, 4) is 5.75 Å². The van der Waals surface area contributed by atoms with Crippen molar-refractivity contribution in [1.29, 1.82) is 0 Å². The van der Waals surface area contributed by atoms with Gasteiger partial charge in [0.25, 0.3) is 0 Å². The molecule has 0 aromatic heterocycles. The fourth-order valence-electron chi connectivity index (χ4n) is 1.94. The van der Waals surface area contributed by atoms with E-state index < -0.39 is 6.10 Å². The number of hydrogen-bond acceptors (Lipinski definition) is 3. The summed E-state index contributed by atoms with van der Waals surface area (Å²) in [6.45, 7) is 0. The predicted molar refractivity (Wildman–Crippen MR) is 61.1 cm³/mol. The molecule has 1 aromatic carbocycles. The molecule has 1 aliphatic rings. The number of halogens is 1. The molecule has 3 nitrogen and oxygen atoms in total. The molecule has 0 bridgehead atoms. The largest absolute Gasteiger partial charge is 0.487 e. The third-order valence-electron chi connectivity index (χ3n) is 2.83. The van der Waals surface area contributed by atoms with Gasteiger partial charge < -0.3 is 9.84 Å². The molecule has 1 saturated carbocycles. The van der Waals surface area contributed by atoms with Crippen molar-refractivity contribution in [3.05, 3.63) is 28.8 Å². The molecule has 0 heterocycles. The summed E-state index contributed by atoms with van der Waals surface area (Å²) in [6.07, 6.45) is 2.52. The highest BCUT2D eigenvalue weighted by molar-refractivity contribution is 6.33. The number of aliphatic hydroxyl groups is 1. The van der Waals surface area contributed by atoms with Gasteiger partial charge in [-0.3, -0.25) is 4.79 Å². The van der Waals surface area contributed by atoms with Crippen LogP contribution in [-0.4, -0.2) is 23.6 Å². The maximum Gasteiger partial charge on any atom is 0.155 e. The van der Waals surface area contributed by atoms with Crippen LogP contribution in [0.2, 0.25) is 5.02 Å². The maximum absolute atomic E-state index is 10.9. The van der Waals surface area contributed by atoms with Crippen LogP contribution in [-0.2, 0) is 0 Å². The van der Waals surface area contributed by atoms with Crippen molar-refractivity contribution < 1.29 is 14.6 Å². The average Bonchev–Trinajstić information content (AvgIpc) is 2.65. The lowest BCUT2D eigenvalue weighted by Crippen LogP contribution is -2.26. The van der Waals surface area contributed by atoms with Crippen molar-refractivity contribution in [1.82, 2.24) is 0 Å². The Labute approximate surface area is 99.0 Å². The highest BCUT2D eigenvalue weighted by Crippen LogP contribution is 2.29. The minimum absolute atomic E-state index is 0.225. The van der Waals surface area contributed by atoms with Gasteiger partial charge >= 0.3 is 0 Å². The molecule has 86 valence electrons. The van der Waals surface area contributed by atoms with E-state index in [-0.39, 0.29) is 6.10 Å². The van der Waals surface area contributed by atoms with Crippen molar-refractivity contribution >= 4 is 17.9 Å². The van der Waals surface area contributed by atoms with Gasteiger partial charge in [0.2, 0.25) is 0 Å². The summed E-state index contributed by atoms with van der Waals surface area (Å²) in [6, 6.07) is 5.07. The molecule has 16 heavy (non-hydrogen) atoms. The molecule has 0 radical (unpaired) electrons. The van der Waals surface area contributed by atoms with Gasteiger partial charge in [0.05, 0.1) is 16.7 Å². The van der Waals surface area contributed by atoms with E-state index in [1.165, 1.54) is 0 Å². The number of aldehydes is 1. The lowest BCUT2D eigenvalue weighted by molar-refractivity contribution is 0.0597. The Kier molecular flexibility index (Phi) is 3.46. The molecular formula is C12H13ClO3. The van der Waals surface area contributed by atoms with E-state index >= 15 is 0 Å². The Hall–Kier alpha value is -1.06. The summed E-state index contributed by atoms with van der Waals surface area (Å²) >= 11 is 5.88. The van der Waals surface area contributed by atoms with Crippen LogP contribution in [0.3, 0.4) is 0 Å². The molecule has 2 unspecified atom stereocenters. The van der Waals surface area contributed by atoms with Gasteiger partial charge in [0.1, 0.15) is 11.9 Å². The molecule has 0 spiro atoms. The van der Waals surface area contributed by atoms with Crippen molar-refractivity contribution in [2.75, 3.05) is 0 Å². The van der Waals surface area contributed by atoms with Crippen LogP contribution in [0.1, 0.15) is 29.6 Å². The zero-order valence-corrected chi connectivity index (χ0v) is 9.48. The van der Waals surface area contributed by atoms with E-state index in [4.69, 9.17) is 16.3 Å². The zero-order valence-electron chi connectivity index (χ0n) is 8.73. The molecule has 0 saturated heterocycles. The van der Waals surface area contributed by atoms with Crippen LogP contribution in [0.25, 0.3) is 0 Å². The molecule has 4 heteroatoms. The van der Waals surface area contributed by atoms with Gasteiger partial charge in [-0.15, -0.1) is 0 Å². The van der Waals surface area contributed by atoms with Crippen molar-refractivity contribution in [2.24, 2.45) is 0 Å². The van der Waals surface area contributed by atoms with Crippen LogP contribution in [0.4, 0.5) is 0 Å². The molecule has 0 aliphatic heterocycles. The normalized spacial score (nSPS) is 24.4. The fourth-order valence-corrected chi connectivity index (χ4v) is 2.15. The minimum atomic E-state index is -0.446. The second-order valence-electron chi connectivity index (χ2n) is 3.92. The number of carbonyl (C=O) groups is 1. The Morgan fingerprint density at radius 2 is 2.25 bits per heavy atom. The number of hydrogen-bond donors (Lipinski definition) is 1. The topological polar surface area (TPSA) is 46.5 Å². The second-order valence-corrected chi connectivity index (χ2v) is 4.33. The standard InChI is InChI=1S/C12H13ClO3/c13-9-3-1-5-11(8(9)7-14)16-12-6-2-4-10(12)15/h1,3,5,7,10,12,15H,2,4,6H2. The fraction of sp³-hybridized carbons (Fsp3) is 0.417. The number of rotatable bonds is 3. The molecule has 1 aliphatic carbocycles. The summed E-state index contributed by atoms with van der Waals surface area (Å²) in [4.78, 5) is 10.9. The lowest BCUT2D eigenvalue weighted by Gasteiger charge is -2.18.